The second-order valence-electron chi connectivity index (χ2n) is 4.02. The lowest BCUT2D eigenvalue weighted by Crippen LogP contribution is -2.05. The molecule has 1 heterocycles. The van der Waals surface area contributed by atoms with Gasteiger partial charge in [-0.05, 0) is 31.2 Å². The van der Waals surface area contributed by atoms with Crippen LogP contribution in [0.25, 0.3) is 0 Å². The Balaban J connectivity index is 2.20. The van der Waals surface area contributed by atoms with E-state index in [1.54, 1.807) is 6.07 Å². The van der Waals surface area contributed by atoms with Crippen molar-refractivity contribution in [1.29, 1.82) is 0 Å². The molecule has 0 aliphatic rings. The molecule has 0 radical (unpaired) electrons. The predicted octanol–water partition coefficient (Wildman–Crippen LogP) is 3.05. The van der Waals surface area contributed by atoms with Gasteiger partial charge < -0.3 is 5.32 Å². The van der Waals surface area contributed by atoms with Crippen LogP contribution in [0, 0.1) is 22.9 Å². The third-order valence-electron chi connectivity index (χ3n) is 2.58. The third-order valence-corrected chi connectivity index (χ3v) is 2.58. The Bertz CT molecular complexity index is 617. The zero-order valence-electron chi connectivity index (χ0n) is 10.3. The van der Waals surface area contributed by atoms with E-state index >= 15 is 0 Å². The first kappa shape index (κ1) is 12.9. The van der Waals surface area contributed by atoms with E-state index in [2.05, 4.69) is 10.3 Å². The van der Waals surface area contributed by atoms with Crippen LogP contribution in [0.1, 0.15) is 11.4 Å². The van der Waals surface area contributed by atoms with Gasteiger partial charge >= 0.3 is 5.69 Å². The highest BCUT2D eigenvalue weighted by Crippen LogP contribution is 2.27. The Morgan fingerprint density at radius 2 is 2.05 bits per heavy atom. The van der Waals surface area contributed by atoms with Crippen molar-refractivity contribution in [2.24, 2.45) is 0 Å². The summed E-state index contributed by atoms with van der Waals surface area (Å²) in [7, 11) is 0. The third kappa shape index (κ3) is 3.04. The number of aryl methyl sites for hydroxylation is 1. The molecule has 0 aliphatic carbocycles. The highest BCUT2D eigenvalue weighted by molar-refractivity contribution is 5.61. The lowest BCUT2D eigenvalue weighted by molar-refractivity contribution is -0.386. The largest absolute Gasteiger partial charge is 0.374 e. The van der Waals surface area contributed by atoms with E-state index in [1.165, 1.54) is 12.1 Å². The van der Waals surface area contributed by atoms with E-state index in [4.69, 9.17) is 0 Å². The maximum Gasteiger partial charge on any atom is 0.327 e. The average molecular weight is 261 g/mol. The summed E-state index contributed by atoms with van der Waals surface area (Å²) < 4.78 is 13.4. The van der Waals surface area contributed by atoms with Crippen molar-refractivity contribution >= 4 is 11.4 Å². The van der Waals surface area contributed by atoms with E-state index in [1.807, 2.05) is 19.1 Å². The van der Waals surface area contributed by atoms with Crippen LogP contribution in [0.3, 0.4) is 0 Å². The number of nitrogens with zero attached hydrogens (tertiary/aromatic N) is 2. The van der Waals surface area contributed by atoms with Crippen LogP contribution in [0.15, 0.2) is 36.4 Å². The predicted molar refractivity (Wildman–Crippen MR) is 69.4 cm³/mol. The van der Waals surface area contributed by atoms with E-state index in [0.29, 0.717) is 6.54 Å². The first-order valence-corrected chi connectivity index (χ1v) is 5.67. The molecule has 1 N–H and O–H groups in total. The van der Waals surface area contributed by atoms with Crippen LogP contribution >= 0.6 is 0 Å². The molecule has 1 aromatic heterocycles. The first-order valence-electron chi connectivity index (χ1n) is 5.67. The van der Waals surface area contributed by atoms with Crippen LogP contribution in [0.4, 0.5) is 15.8 Å². The number of aromatic nitrogens is 1. The number of para-hydroxylation sites is 1. The Hall–Kier alpha value is -2.50. The Morgan fingerprint density at radius 1 is 1.32 bits per heavy atom. The van der Waals surface area contributed by atoms with Gasteiger partial charge in [0, 0.05) is 5.69 Å². The number of halogens is 1. The minimum Gasteiger partial charge on any atom is -0.374 e. The number of benzene rings is 1. The van der Waals surface area contributed by atoms with Gasteiger partial charge in [-0.3, -0.25) is 15.1 Å². The first-order chi connectivity index (χ1) is 9.08. The molecule has 0 bridgehead atoms. The van der Waals surface area contributed by atoms with Gasteiger partial charge in [0.05, 0.1) is 17.2 Å². The summed E-state index contributed by atoms with van der Waals surface area (Å²) >= 11 is 0. The molecule has 0 amide bonds. The summed E-state index contributed by atoms with van der Waals surface area (Å²) in [5.41, 5.74) is 1.19. The van der Waals surface area contributed by atoms with Gasteiger partial charge in [0.2, 0.25) is 5.82 Å². The lowest BCUT2D eigenvalue weighted by Gasteiger charge is -2.07. The molecule has 0 saturated carbocycles. The van der Waals surface area contributed by atoms with Crippen molar-refractivity contribution < 1.29 is 9.31 Å². The SMILES string of the molecule is Cc1cccc(CNc2cccc(F)c2[N+](=O)[O-])n1. The Kier molecular flexibility index (Phi) is 3.70. The normalized spacial score (nSPS) is 10.2. The van der Waals surface area contributed by atoms with Crippen LogP contribution in [-0.4, -0.2) is 9.91 Å². The number of rotatable bonds is 4. The van der Waals surface area contributed by atoms with E-state index < -0.39 is 16.4 Å². The fraction of sp³-hybridized carbons (Fsp3) is 0.154. The molecule has 2 aromatic rings. The summed E-state index contributed by atoms with van der Waals surface area (Å²) in [5, 5.41) is 13.7. The quantitative estimate of drug-likeness (QED) is 0.678. The van der Waals surface area contributed by atoms with Crippen LogP contribution in [0.2, 0.25) is 0 Å². The fourth-order valence-electron chi connectivity index (χ4n) is 1.73. The highest BCUT2D eigenvalue weighted by Gasteiger charge is 2.19. The van der Waals surface area contributed by atoms with Gasteiger partial charge in [-0.2, -0.15) is 4.39 Å². The molecule has 0 fully saturated rings. The maximum atomic E-state index is 13.4. The topological polar surface area (TPSA) is 68.1 Å². The van der Waals surface area contributed by atoms with E-state index in [9.17, 15) is 14.5 Å². The summed E-state index contributed by atoms with van der Waals surface area (Å²) in [5.74, 6) is -0.854. The molecular weight excluding hydrogens is 249 g/mol. The monoisotopic (exact) mass is 261 g/mol. The number of hydrogen-bond acceptors (Lipinski definition) is 4. The molecule has 0 saturated heterocycles. The van der Waals surface area contributed by atoms with Gasteiger partial charge in [0.1, 0.15) is 5.69 Å². The number of anilines is 1. The van der Waals surface area contributed by atoms with Gasteiger partial charge in [-0.1, -0.05) is 12.1 Å². The highest BCUT2D eigenvalue weighted by atomic mass is 19.1. The molecule has 5 nitrogen and oxygen atoms in total. The number of nitro benzene ring substituents is 1. The number of nitrogens with one attached hydrogen (secondary N) is 1. The molecule has 2 rings (SSSR count). The molecule has 19 heavy (non-hydrogen) atoms. The minimum atomic E-state index is -0.854. The molecule has 0 unspecified atom stereocenters. The Morgan fingerprint density at radius 3 is 2.74 bits per heavy atom. The smallest absolute Gasteiger partial charge is 0.327 e. The zero-order chi connectivity index (χ0) is 13.8. The minimum absolute atomic E-state index is 0.147. The van der Waals surface area contributed by atoms with Gasteiger partial charge in [-0.15, -0.1) is 0 Å². The molecule has 0 aliphatic heterocycles. The fourth-order valence-corrected chi connectivity index (χ4v) is 1.73. The van der Waals surface area contributed by atoms with E-state index in [0.717, 1.165) is 17.5 Å². The van der Waals surface area contributed by atoms with Crippen molar-refractivity contribution in [3.05, 3.63) is 63.7 Å². The number of nitro groups is 1. The number of pyridine rings is 1. The number of hydrogen-bond donors (Lipinski definition) is 1. The van der Waals surface area contributed by atoms with Crippen LogP contribution < -0.4 is 5.32 Å². The Labute approximate surface area is 109 Å². The van der Waals surface area contributed by atoms with Gasteiger partial charge in [0.15, 0.2) is 0 Å². The van der Waals surface area contributed by atoms with Crippen molar-refractivity contribution in [1.82, 2.24) is 4.98 Å². The van der Waals surface area contributed by atoms with Gasteiger partial charge in [0.25, 0.3) is 0 Å². The molecule has 0 spiro atoms. The molecule has 98 valence electrons. The summed E-state index contributed by atoms with van der Waals surface area (Å²) in [6.07, 6.45) is 0. The van der Waals surface area contributed by atoms with Crippen molar-refractivity contribution in [3.63, 3.8) is 0 Å². The van der Waals surface area contributed by atoms with Crippen LogP contribution in [0.5, 0.6) is 0 Å². The van der Waals surface area contributed by atoms with Crippen LogP contribution in [-0.2, 0) is 6.54 Å². The summed E-state index contributed by atoms with van der Waals surface area (Å²) in [6.45, 7) is 2.15. The second-order valence-corrected chi connectivity index (χ2v) is 4.02. The molecule has 6 heteroatoms. The summed E-state index contributed by atoms with van der Waals surface area (Å²) in [4.78, 5) is 14.3. The molecule has 1 aromatic carbocycles. The molecular formula is C13H12FN3O2. The zero-order valence-corrected chi connectivity index (χ0v) is 10.3. The second kappa shape index (κ2) is 5.43. The maximum absolute atomic E-state index is 13.4. The summed E-state index contributed by atoms with van der Waals surface area (Å²) in [6, 6.07) is 9.46. The lowest BCUT2D eigenvalue weighted by atomic mass is 10.2. The van der Waals surface area contributed by atoms with Gasteiger partial charge in [-0.25, -0.2) is 0 Å². The van der Waals surface area contributed by atoms with Crippen molar-refractivity contribution in [2.75, 3.05) is 5.32 Å². The standard InChI is InChI=1S/C13H12FN3O2/c1-9-4-2-5-10(16-9)8-15-12-7-3-6-11(14)13(12)17(18)19/h2-7,15H,8H2,1H3. The van der Waals surface area contributed by atoms with Crippen molar-refractivity contribution in [3.8, 4) is 0 Å². The average Bonchev–Trinajstić information content (AvgIpc) is 2.36. The van der Waals surface area contributed by atoms with Crippen molar-refractivity contribution in [2.45, 2.75) is 13.5 Å². The van der Waals surface area contributed by atoms with E-state index in [-0.39, 0.29) is 5.69 Å². The molecule has 0 atom stereocenters.